The lowest BCUT2D eigenvalue weighted by Crippen LogP contribution is -2.44. The Morgan fingerprint density at radius 3 is 2.68 bits per heavy atom. The van der Waals surface area contributed by atoms with Crippen molar-refractivity contribution in [1.29, 1.82) is 0 Å². The highest BCUT2D eigenvalue weighted by Gasteiger charge is 2.26. The third-order valence-corrected chi connectivity index (χ3v) is 6.14. The molecule has 0 radical (unpaired) electrons. The first-order valence-electron chi connectivity index (χ1n) is 10.5. The van der Waals surface area contributed by atoms with Gasteiger partial charge in [0.2, 0.25) is 5.91 Å². The fourth-order valence-electron chi connectivity index (χ4n) is 3.74. The van der Waals surface area contributed by atoms with Crippen LogP contribution in [0.15, 0.2) is 78.7 Å². The Morgan fingerprint density at radius 1 is 1.19 bits per heavy atom. The molecule has 4 rings (SSSR count). The zero-order chi connectivity index (χ0) is 21.5. The maximum atomic E-state index is 13.2. The summed E-state index contributed by atoms with van der Waals surface area (Å²) in [7, 11) is 0. The van der Waals surface area contributed by atoms with Gasteiger partial charge in [-0.25, -0.2) is 4.98 Å². The van der Waals surface area contributed by atoms with Crippen molar-refractivity contribution in [3.8, 4) is 11.3 Å². The van der Waals surface area contributed by atoms with Crippen molar-refractivity contribution >= 4 is 22.4 Å². The average molecular weight is 434 g/mol. The van der Waals surface area contributed by atoms with E-state index in [-0.39, 0.29) is 12.0 Å². The van der Waals surface area contributed by atoms with Crippen LogP contribution in [0.4, 0.5) is 5.13 Å². The van der Waals surface area contributed by atoms with Crippen molar-refractivity contribution in [1.82, 2.24) is 9.88 Å². The first-order valence-corrected chi connectivity index (χ1v) is 11.4. The highest BCUT2D eigenvalue weighted by molar-refractivity contribution is 7.14. The Hall–Kier alpha value is -2.80. The number of rotatable bonds is 8. The lowest BCUT2D eigenvalue weighted by Gasteiger charge is -2.33. The van der Waals surface area contributed by atoms with Crippen molar-refractivity contribution in [3.05, 3.63) is 84.3 Å². The van der Waals surface area contributed by atoms with E-state index in [0.717, 1.165) is 30.9 Å². The largest absolute Gasteiger partial charge is 0.375 e. The maximum absolute atomic E-state index is 13.2. The molecule has 1 saturated heterocycles. The van der Waals surface area contributed by atoms with Crippen LogP contribution in [0.25, 0.3) is 11.3 Å². The summed E-state index contributed by atoms with van der Waals surface area (Å²) in [5.41, 5.74) is 3.20. The summed E-state index contributed by atoms with van der Waals surface area (Å²) >= 11 is 1.48. The van der Waals surface area contributed by atoms with Gasteiger partial charge in [-0.1, -0.05) is 66.7 Å². The van der Waals surface area contributed by atoms with Gasteiger partial charge in [-0.3, -0.25) is 14.6 Å². The van der Waals surface area contributed by atoms with E-state index in [4.69, 9.17) is 9.72 Å². The number of hydrogen-bond donors (Lipinski definition) is 0. The van der Waals surface area contributed by atoms with Crippen LogP contribution < -0.4 is 4.90 Å². The van der Waals surface area contributed by atoms with E-state index in [9.17, 15) is 4.79 Å². The number of anilines is 1. The molecule has 1 aliphatic rings. The lowest BCUT2D eigenvalue weighted by molar-refractivity contribution is -0.123. The van der Waals surface area contributed by atoms with E-state index in [2.05, 4.69) is 35.7 Å². The van der Waals surface area contributed by atoms with Gasteiger partial charge in [-0.15, -0.1) is 17.9 Å². The molecule has 1 fully saturated rings. The van der Waals surface area contributed by atoms with E-state index in [1.165, 1.54) is 16.9 Å². The molecular formula is C25H27N3O2S. The average Bonchev–Trinajstić information content (AvgIpc) is 3.29. The van der Waals surface area contributed by atoms with Crippen LogP contribution in [-0.2, 0) is 16.1 Å². The zero-order valence-electron chi connectivity index (χ0n) is 17.5. The molecule has 1 amide bonds. The molecule has 0 spiro atoms. The second-order valence-electron chi connectivity index (χ2n) is 7.59. The first-order chi connectivity index (χ1) is 15.2. The summed E-state index contributed by atoms with van der Waals surface area (Å²) in [6, 6.07) is 20.4. The molecule has 1 unspecified atom stereocenters. The normalized spacial score (nSPS) is 16.7. The van der Waals surface area contributed by atoms with Crippen molar-refractivity contribution in [2.75, 3.05) is 31.1 Å². The molecule has 1 aliphatic heterocycles. The molecular weight excluding hydrogens is 406 g/mol. The van der Waals surface area contributed by atoms with E-state index in [1.54, 1.807) is 11.0 Å². The van der Waals surface area contributed by atoms with E-state index in [0.29, 0.717) is 24.7 Å². The van der Waals surface area contributed by atoms with E-state index >= 15 is 0 Å². The Bertz CT molecular complexity index is 990. The molecule has 6 heteroatoms. The predicted octanol–water partition coefficient (Wildman–Crippen LogP) is 4.62. The molecule has 2 heterocycles. The van der Waals surface area contributed by atoms with Gasteiger partial charge in [0, 0.05) is 37.1 Å². The molecule has 3 aromatic rings. The number of hydrogen-bond acceptors (Lipinski definition) is 5. The fraction of sp³-hybridized carbons (Fsp3) is 0.280. The van der Waals surface area contributed by atoms with E-state index < -0.39 is 0 Å². The fourth-order valence-corrected chi connectivity index (χ4v) is 4.60. The summed E-state index contributed by atoms with van der Waals surface area (Å²) in [5, 5.41) is 2.69. The standard InChI is InChI=1S/C25H27N3O2S/c1-2-13-28(25-26-23(19-31-25)21-11-7-4-8-12-21)24(29)16-22-18-27(14-15-30-22)17-20-9-5-3-6-10-20/h2-12,19,22H,1,13-18H2. The van der Waals surface area contributed by atoms with Gasteiger partial charge in [0.15, 0.2) is 5.13 Å². The molecule has 0 aliphatic carbocycles. The van der Waals surface area contributed by atoms with Crippen LogP contribution in [0.2, 0.25) is 0 Å². The first kappa shape index (κ1) is 21.4. The summed E-state index contributed by atoms with van der Waals surface area (Å²) in [6.07, 6.45) is 1.95. The predicted molar refractivity (Wildman–Crippen MR) is 126 cm³/mol. The van der Waals surface area contributed by atoms with Gasteiger partial charge >= 0.3 is 0 Å². The Balaban J connectivity index is 1.40. The third kappa shape index (κ3) is 5.67. The second kappa shape index (κ2) is 10.5. The minimum absolute atomic E-state index is 0.0143. The lowest BCUT2D eigenvalue weighted by atomic mass is 10.1. The van der Waals surface area contributed by atoms with Crippen LogP contribution in [0.3, 0.4) is 0 Å². The number of carbonyl (C=O) groups is 1. The van der Waals surface area contributed by atoms with Gasteiger partial charge in [0.1, 0.15) is 0 Å². The number of amides is 1. The summed E-state index contributed by atoms with van der Waals surface area (Å²) in [4.78, 5) is 21.9. The number of thiazole rings is 1. The molecule has 0 bridgehead atoms. The Kier molecular flexibility index (Phi) is 7.25. The molecule has 2 aromatic carbocycles. The molecule has 0 N–H and O–H groups in total. The second-order valence-corrected chi connectivity index (χ2v) is 8.43. The topological polar surface area (TPSA) is 45.7 Å². The molecule has 0 saturated carbocycles. The van der Waals surface area contributed by atoms with Gasteiger partial charge in [-0.05, 0) is 5.56 Å². The van der Waals surface area contributed by atoms with Gasteiger partial charge in [0.05, 0.1) is 24.8 Å². The van der Waals surface area contributed by atoms with E-state index in [1.807, 2.05) is 41.8 Å². The number of ether oxygens (including phenoxy) is 1. The minimum atomic E-state index is -0.120. The smallest absolute Gasteiger partial charge is 0.231 e. The number of benzene rings is 2. The van der Waals surface area contributed by atoms with Crippen LogP contribution in [0, 0.1) is 0 Å². The van der Waals surface area contributed by atoms with Crippen LogP contribution >= 0.6 is 11.3 Å². The number of morpholine rings is 1. The summed E-state index contributed by atoms with van der Waals surface area (Å²) in [5.74, 6) is 0.0143. The van der Waals surface area contributed by atoms with Crippen molar-refractivity contribution in [2.45, 2.75) is 19.1 Å². The molecule has 160 valence electrons. The molecule has 1 atom stereocenters. The van der Waals surface area contributed by atoms with Crippen LogP contribution in [-0.4, -0.2) is 48.1 Å². The number of nitrogens with zero attached hydrogens (tertiary/aromatic N) is 3. The Labute approximate surface area is 187 Å². The molecule has 1 aromatic heterocycles. The summed E-state index contributed by atoms with van der Waals surface area (Å²) in [6.45, 7) is 7.39. The van der Waals surface area contributed by atoms with Crippen molar-refractivity contribution in [3.63, 3.8) is 0 Å². The molecule has 5 nitrogen and oxygen atoms in total. The SMILES string of the molecule is C=CCN(C(=O)CC1CN(Cc2ccccc2)CCO1)c1nc(-c2ccccc2)cs1. The van der Waals surface area contributed by atoms with Gasteiger partial charge < -0.3 is 4.74 Å². The van der Waals surface area contributed by atoms with Gasteiger partial charge in [-0.2, -0.15) is 0 Å². The summed E-state index contributed by atoms with van der Waals surface area (Å²) < 4.78 is 5.92. The quantitative estimate of drug-likeness (QED) is 0.486. The van der Waals surface area contributed by atoms with Crippen LogP contribution in [0.1, 0.15) is 12.0 Å². The third-order valence-electron chi connectivity index (χ3n) is 5.28. The highest BCUT2D eigenvalue weighted by Crippen LogP contribution is 2.28. The zero-order valence-corrected chi connectivity index (χ0v) is 18.3. The minimum Gasteiger partial charge on any atom is -0.375 e. The van der Waals surface area contributed by atoms with Crippen molar-refractivity contribution < 1.29 is 9.53 Å². The molecule has 31 heavy (non-hydrogen) atoms. The van der Waals surface area contributed by atoms with Crippen molar-refractivity contribution in [2.24, 2.45) is 0 Å². The van der Waals surface area contributed by atoms with Crippen LogP contribution in [0.5, 0.6) is 0 Å². The Morgan fingerprint density at radius 2 is 1.94 bits per heavy atom. The number of aromatic nitrogens is 1. The van der Waals surface area contributed by atoms with Gasteiger partial charge in [0.25, 0.3) is 0 Å². The highest BCUT2D eigenvalue weighted by atomic mass is 32.1. The number of carbonyl (C=O) groups excluding carboxylic acids is 1. The maximum Gasteiger partial charge on any atom is 0.231 e. The monoisotopic (exact) mass is 433 g/mol.